The van der Waals surface area contributed by atoms with Crippen LogP contribution in [0.2, 0.25) is 0 Å². The topological polar surface area (TPSA) is 52.6 Å². The zero-order valence-electron chi connectivity index (χ0n) is 18.6. The molecule has 0 amide bonds. The summed E-state index contributed by atoms with van der Waals surface area (Å²) < 4.78 is 11.1. The van der Waals surface area contributed by atoms with Crippen molar-refractivity contribution in [3.05, 3.63) is 112 Å². The molecule has 164 valence electrons. The number of carbonyl (C=O) groups is 2. The molecule has 5 rings (SSSR count). The van der Waals surface area contributed by atoms with E-state index in [0.717, 1.165) is 35.1 Å². The van der Waals surface area contributed by atoms with Crippen LogP contribution in [0.4, 0.5) is 0 Å². The Morgan fingerprint density at radius 3 is 2.06 bits per heavy atom. The third kappa shape index (κ3) is 3.13. The van der Waals surface area contributed by atoms with Crippen molar-refractivity contribution in [2.45, 2.75) is 18.3 Å². The fourth-order valence-electron chi connectivity index (χ4n) is 4.91. The van der Waals surface area contributed by atoms with Crippen LogP contribution in [0.25, 0.3) is 6.08 Å². The number of fused-ring (bicyclic) bond motifs is 1. The predicted octanol–water partition coefficient (Wildman–Crippen LogP) is 5.56. The highest BCUT2D eigenvalue weighted by Gasteiger charge is 2.51. The van der Waals surface area contributed by atoms with E-state index < -0.39 is 5.41 Å². The van der Waals surface area contributed by atoms with Crippen molar-refractivity contribution in [2.75, 3.05) is 14.2 Å². The molecule has 33 heavy (non-hydrogen) atoms. The third-order valence-electron chi connectivity index (χ3n) is 6.62. The molecule has 4 nitrogen and oxygen atoms in total. The van der Waals surface area contributed by atoms with Gasteiger partial charge in [-0.1, -0.05) is 72.3 Å². The first-order valence-corrected chi connectivity index (χ1v) is 11.0. The number of methoxy groups -OCH3 is 2. The summed E-state index contributed by atoms with van der Waals surface area (Å²) in [4.78, 5) is 28.0. The lowest BCUT2D eigenvalue weighted by atomic mass is 9.57. The minimum Gasteiger partial charge on any atom is -0.493 e. The van der Waals surface area contributed by atoms with Gasteiger partial charge in [-0.3, -0.25) is 9.59 Å². The van der Waals surface area contributed by atoms with Crippen LogP contribution in [-0.4, -0.2) is 25.8 Å². The Kier molecular flexibility index (Phi) is 5.21. The Labute approximate surface area is 193 Å². The lowest BCUT2D eigenvalue weighted by Gasteiger charge is -2.42. The number of ketones is 2. The Bertz CT molecular complexity index is 1300. The van der Waals surface area contributed by atoms with E-state index in [2.05, 4.69) is 6.08 Å². The second-order valence-corrected chi connectivity index (χ2v) is 8.26. The summed E-state index contributed by atoms with van der Waals surface area (Å²) >= 11 is 0. The first kappa shape index (κ1) is 21.0. The highest BCUT2D eigenvalue weighted by Crippen LogP contribution is 2.52. The van der Waals surface area contributed by atoms with Crippen molar-refractivity contribution < 1.29 is 19.1 Å². The summed E-state index contributed by atoms with van der Waals surface area (Å²) in [6.07, 6.45) is 5.52. The van der Waals surface area contributed by atoms with Crippen molar-refractivity contribution >= 4 is 17.6 Å². The highest BCUT2D eigenvalue weighted by atomic mass is 16.5. The predicted molar refractivity (Wildman–Crippen MR) is 128 cm³/mol. The first-order valence-electron chi connectivity index (χ1n) is 11.0. The van der Waals surface area contributed by atoms with Crippen LogP contribution in [0, 0.1) is 0 Å². The maximum Gasteiger partial charge on any atom is 0.196 e. The molecule has 0 spiro atoms. The molecular weight excluding hydrogens is 412 g/mol. The smallest absolute Gasteiger partial charge is 0.196 e. The lowest BCUT2D eigenvalue weighted by Crippen LogP contribution is -2.45. The summed E-state index contributed by atoms with van der Waals surface area (Å²) in [6.45, 7) is 0. The largest absolute Gasteiger partial charge is 0.493 e. The summed E-state index contributed by atoms with van der Waals surface area (Å²) in [6, 6.07) is 22.4. The van der Waals surface area contributed by atoms with Gasteiger partial charge < -0.3 is 9.47 Å². The van der Waals surface area contributed by atoms with Crippen molar-refractivity contribution in [3.63, 3.8) is 0 Å². The van der Waals surface area contributed by atoms with E-state index >= 15 is 0 Å². The van der Waals surface area contributed by atoms with Gasteiger partial charge in [0.2, 0.25) is 0 Å². The number of rotatable bonds is 6. The van der Waals surface area contributed by atoms with Gasteiger partial charge in [0.1, 0.15) is 5.41 Å². The molecule has 0 N–H and O–H groups in total. The van der Waals surface area contributed by atoms with Gasteiger partial charge in [-0.05, 0) is 47.7 Å². The molecule has 3 aromatic carbocycles. The number of allylic oxidation sites excluding steroid dienone is 3. The van der Waals surface area contributed by atoms with Crippen LogP contribution in [0.3, 0.4) is 0 Å². The molecule has 0 saturated heterocycles. The summed E-state index contributed by atoms with van der Waals surface area (Å²) in [5.74, 6) is 0.628. The maximum absolute atomic E-state index is 14.4. The minimum atomic E-state index is -1.08. The molecule has 0 aliphatic heterocycles. The normalized spacial score (nSPS) is 19.0. The van der Waals surface area contributed by atoms with Gasteiger partial charge in [-0.25, -0.2) is 0 Å². The van der Waals surface area contributed by atoms with Gasteiger partial charge in [-0.15, -0.1) is 0 Å². The second-order valence-electron chi connectivity index (χ2n) is 8.26. The average molecular weight is 437 g/mol. The van der Waals surface area contributed by atoms with E-state index in [4.69, 9.17) is 9.47 Å². The molecular formula is C29H24O4. The fourth-order valence-corrected chi connectivity index (χ4v) is 4.91. The van der Waals surface area contributed by atoms with Gasteiger partial charge in [-0.2, -0.15) is 0 Å². The lowest BCUT2D eigenvalue weighted by molar-refractivity contribution is -0.118. The molecule has 0 fully saturated rings. The standard InChI is InChI=1S/C29H24O4/c1-32-25-17-20-16-23(27(30)19-10-5-3-6-11-19)28(31)29(22-14-9-15-22,21-12-7-4-8-13-21)24(20)18-26(25)33-2/h3-8,10-14,16-18H,9,15H2,1-2H3. The molecule has 2 aliphatic carbocycles. The zero-order chi connectivity index (χ0) is 23.0. The van der Waals surface area contributed by atoms with Gasteiger partial charge in [0.25, 0.3) is 0 Å². The molecule has 0 heterocycles. The summed E-state index contributed by atoms with van der Waals surface area (Å²) in [5.41, 5.74) is 3.04. The van der Waals surface area contributed by atoms with E-state index in [1.54, 1.807) is 32.4 Å². The van der Waals surface area contributed by atoms with Gasteiger partial charge in [0, 0.05) is 5.56 Å². The van der Waals surface area contributed by atoms with E-state index in [1.807, 2.05) is 60.7 Å². The number of hydrogen-bond acceptors (Lipinski definition) is 4. The van der Waals surface area contributed by atoms with Crippen molar-refractivity contribution in [1.29, 1.82) is 0 Å². The van der Waals surface area contributed by atoms with Crippen LogP contribution >= 0.6 is 0 Å². The minimum absolute atomic E-state index is 0.178. The van der Waals surface area contributed by atoms with Gasteiger partial charge in [0.15, 0.2) is 23.1 Å². The molecule has 0 radical (unpaired) electrons. The molecule has 3 aromatic rings. The molecule has 0 bridgehead atoms. The monoisotopic (exact) mass is 436 g/mol. The quantitative estimate of drug-likeness (QED) is 0.288. The van der Waals surface area contributed by atoms with Crippen LogP contribution in [-0.2, 0) is 10.2 Å². The molecule has 0 aromatic heterocycles. The zero-order valence-corrected chi connectivity index (χ0v) is 18.6. The Morgan fingerprint density at radius 2 is 1.48 bits per heavy atom. The third-order valence-corrected chi connectivity index (χ3v) is 6.62. The van der Waals surface area contributed by atoms with E-state index in [9.17, 15) is 9.59 Å². The van der Waals surface area contributed by atoms with Crippen LogP contribution < -0.4 is 9.47 Å². The van der Waals surface area contributed by atoms with E-state index in [1.165, 1.54) is 0 Å². The molecule has 0 saturated carbocycles. The Morgan fingerprint density at radius 1 is 0.879 bits per heavy atom. The summed E-state index contributed by atoms with van der Waals surface area (Å²) in [5, 5.41) is 0. The first-order chi connectivity index (χ1) is 16.1. The van der Waals surface area contributed by atoms with Crippen LogP contribution in [0.15, 0.2) is 90.0 Å². The number of carbonyl (C=O) groups excluding carboxylic acids is 2. The van der Waals surface area contributed by atoms with Gasteiger partial charge >= 0.3 is 0 Å². The second kappa shape index (κ2) is 8.21. The number of benzene rings is 3. The molecule has 1 unspecified atom stereocenters. The van der Waals surface area contributed by atoms with Crippen LogP contribution in [0.5, 0.6) is 11.5 Å². The van der Waals surface area contributed by atoms with E-state index in [-0.39, 0.29) is 17.1 Å². The van der Waals surface area contributed by atoms with E-state index in [0.29, 0.717) is 17.1 Å². The Hall–Kier alpha value is -3.92. The number of Topliss-reactive ketones (excluding diaryl/α,β-unsaturated/α-hetero) is 2. The number of ether oxygens (including phenoxy) is 2. The van der Waals surface area contributed by atoms with Crippen LogP contribution in [0.1, 0.15) is 39.9 Å². The SMILES string of the molecule is COc1cc2c(cc1OC)C(C1=CCC1)(c1ccccc1)C(=O)C(C(=O)c1ccccc1)=C2. The fraction of sp³-hybridized carbons (Fsp3) is 0.172. The average Bonchev–Trinajstić information content (AvgIpc) is 2.84. The molecule has 1 atom stereocenters. The van der Waals surface area contributed by atoms with Crippen molar-refractivity contribution in [3.8, 4) is 11.5 Å². The Balaban J connectivity index is 1.84. The highest BCUT2D eigenvalue weighted by molar-refractivity contribution is 6.34. The van der Waals surface area contributed by atoms with Crippen molar-refractivity contribution in [2.24, 2.45) is 0 Å². The summed E-state index contributed by atoms with van der Waals surface area (Å²) in [7, 11) is 3.17. The maximum atomic E-state index is 14.4. The number of hydrogen-bond donors (Lipinski definition) is 0. The van der Waals surface area contributed by atoms with Gasteiger partial charge in [0.05, 0.1) is 19.8 Å². The molecule has 2 aliphatic rings. The molecule has 4 heteroatoms. The van der Waals surface area contributed by atoms with Crippen molar-refractivity contribution in [1.82, 2.24) is 0 Å².